The molecule has 1 N–H and O–H groups in total. The molecular formula is C19H23FN4O. The van der Waals surface area contributed by atoms with E-state index in [0.717, 1.165) is 55.9 Å². The molecule has 4 rings (SSSR count). The van der Waals surface area contributed by atoms with E-state index in [2.05, 4.69) is 20.4 Å². The molecule has 0 aliphatic carbocycles. The van der Waals surface area contributed by atoms with Gasteiger partial charge in [-0.15, -0.1) is 5.10 Å². The van der Waals surface area contributed by atoms with Crippen molar-refractivity contribution in [3.8, 4) is 5.75 Å². The van der Waals surface area contributed by atoms with Crippen LogP contribution in [0, 0.1) is 5.82 Å². The second kappa shape index (κ2) is 7.35. The molecule has 2 aliphatic heterocycles. The van der Waals surface area contributed by atoms with Crippen molar-refractivity contribution in [1.82, 2.24) is 15.5 Å². The number of nitrogens with zero attached hydrogens (tertiary/aromatic N) is 3. The highest BCUT2D eigenvalue weighted by Gasteiger charge is 2.26. The van der Waals surface area contributed by atoms with Gasteiger partial charge in [-0.05, 0) is 56.0 Å². The predicted octanol–water partition coefficient (Wildman–Crippen LogP) is 3.09. The zero-order valence-corrected chi connectivity index (χ0v) is 14.2. The normalized spacial score (nSPS) is 23.5. The van der Waals surface area contributed by atoms with E-state index in [-0.39, 0.29) is 11.9 Å². The first kappa shape index (κ1) is 16.3. The lowest BCUT2D eigenvalue weighted by Crippen LogP contribution is -2.47. The number of nitrogens with one attached hydrogen (secondary N) is 1. The Labute approximate surface area is 147 Å². The maximum absolute atomic E-state index is 13.8. The molecule has 0 amide bonds. The number of piperidine rings is 1. The van der Waals surface area contributed by atoms with E-state index in [1.807, 2.05) is 12.1 Å². The molecule has 25 heavy (non-hydrogen) atoms. The summed E-state index contributed by atoms with van der Waals surface area (Å²) in [6, 6.07) is 9.21. The van der Waals surface area contributed by atoms with Crippen molar-refractivity contribution in [1.29, 1.82) is 0 Å². The second-order valence-corrected chi connectivity index (χ2v) is 6.76. The predicted molar refractivity (Wildman–Crippen MR) is 94.3 cm³/mol. The van der Waals surface area contributed by atoms with Crippen molar-refractivity contribution in [2.24, 2.45) is 0 Å². The Hall–Kier alpha value is -2.21. The molecule has 6 heteroatoms. The fourth-order valence-corrected chi connectivity index (χ4v) is 3.79. The Morgan fingerprint density at radius 3 is 3.04 bits per heavy atom. The Morgan fingerprint density at radius 2 is 2.16 bits per heavy atom. The van der Waals surface area contributed by atoms with Gasteiger partial charge >= 0.3 is 0 Å². The minimum absolute atomic E-state index is 0.125. The summed E-state index contributed by atoms with van der Waals surface area (Å²) in [4.78, 5) is 2.27. The number of rotatable bonds is 3. The number of anilines is 1. The van der Waals surface area contributed by atoms with Gasteiger partial charge in [-0.25, -0.2) is 4.39 Å². The lowest BCUT2D eigenvalue weighted by molar-refractivity contribution is 0.312. The van der Waals surface area contributed by atoms with Crippen LogP contribution in [0.25, 0.3) is 0 Å². The van der Waals surface area contributed by atoms with Crippen LogP contribution in [0.3, 0.4) is 0 Å². The average Bonchev–Trinajstić information content (AvgIpc) is 2.85. The lowest BCUT2D eigenvalue weighted by atomic mass is 9.98. The fourth-order valence-electron chi connectivity index (χ4n) is 3.79. The molecule has 0 saturated carbocycles. The molecule has 3 heterocycles. The summed E-state index contributed by atoms with van der Waals surface area (Å²) in [5, 5.41) is 12.0. The van der Waals surface area contributed by atoms with Crippen molar-refractivity contribution < 1.29 is 9.13 Å². The van der Waals surface area contributed by atoms with Gasteiger partial charge < -0.3 is 15.0 Å². The minimum atomic E-state index is -0.208. The van der Waals surface area contributed by atoms with E-state index >= 15 is 0 Å². The van der Waals surface area contributed by atoms with Crippen molar-refractivity contribution in [2.45, 2.75) is 37.8 Å². The molecule has 5 nitrogen and oxygen atoms in total. The molecule has 0 unspecified atom stereocenters. The van der Waals surface area contributed by atoms with E-state index in [4.69, 9.17) is 4.74 Å². The first-order valence-corrected chi connectivity index (χ1v) is 9.00. The van der Waals surface area contributed by atoms with Crippen molar-refractivity contribution in [3.63, 3.8) is 0 Å². The first-order chi connectivity index (χ1) is 12.3. The van der Waals surface area contributed by atoms with Crippen LogP contribution in [0.15, 0.2) is 36.5 Å². The summed E-state index contributed by atoms with van der Waals surface area (Å²) < 4.78 is 19.5. The SMILES string of the molecule is Fc1ccc2c(c1)[C@H](N[C@@H]1CCCN(c3cccnn3)C1)CCCO2. The second-order valence-electron chi connectivity index (χ2n) is 6.76. The van der Waals surface area contributed by atoms with Crippen LogP contribution in [0.4, 0.5) is 10.2 Å². The minimum Gasteiger partial charge on any atom is -0.493 e. The van der Waals surface area contributed by atoms with Gasteiger partial charge in [0, 0.05) is 36.9 Å². The monoisotopic (exact) mass is 342 g/mol. The summed E-state index contributed by atoms with van der Waals surface area (Å²) in [7, 11) is 0. The van der Waals surface area contributed by atoms with Gasteiger partial charge in [-0.3, -0.25) is 0 Å². The number of fused-ring (bicyclic) bond motifs is 1. The van der Waals surface area contributed by atoms with Gasteiger partial charge in [-0.1, -0.05) is 0 Å². The van der Waals surface area contributed by atoms with Gasteiger partial charge in [-0.2, -0.15) is 5.10 Å². The standard InChI is InChI=1S/C19H23FN4O/c20-14-7-8-18-16(12-14)17(5-3-11-25-18)22-15-4-2-10-24(13-15)19-6-1-9-21-23-19/h1,6-9,12,15,17,22H,2-5,10-11,13H2/t15-,17-/m1/s1. The van der Waals surface area contributed by atoms with Crippen LogP contribution >= 0.6 is 0 Å². The fraction of sp³-hybridized carbons (Fsp3) is 0.474. The highest BCUT2D eigenvalue weighted by atomic mass is 19.1. The van der Waals surface area contributed by atoms with Crippen LogP contribution in [0.2, 0.25) is 0 Å². The van der Waals surface area contributed by atoms with Crippen LogP contribution in [0.1, 0.15) is 37.3 Å². The number of hydrogen-bond donors (Lipinski definition) is 1. The van der Waals surface area contributed by atoms with E-state index in [9.17, 15) is 4.39 Å². The van der Waals surface area contributed by atoms with Gasteiger partial charge in [0.05, 0.1) is 6.61 Å². The number of benzene rings is 1. The largest absolute Gasteiger partial charge is 0.493 e. The average molecular weight is 342 g/mol. The quantitative estimate of drug-likeness (QED) is 0.929. The highest BCUT2D eigenvalue weighted by molar-refractivity contribution is 5.39. The molecule has 1 aromatic carbocycles. The number of ether oxygens (including phenoxy) is 1. The lowest BCUT2D eigenvalue weighted by Gasteiger charge is -2.36. The van der Waals surface area contributed by atoms with Crippen molar-refractivity contribution >= 4 is 5.82 Å². The Kier molecular flexibility index (Phi) is 4.78. The van der Waals surface area contributed by atoms with Crippen LogP contribution in [-0.2, 0) is 0 Å². The molecule has 0 bridgehead atoms. The zero-order chi connectivity index (χ0) is 17.1. The number of aromatic nitrogens is 2. The third-order valence-electron chi connectivity index (χ3n) is 4.98. The molecule has 1 fully saturated rings. The van der Waals surface area contributed by atoms with E-state index in [1.54, 1.807) is 18.3 Å². The van der Waals surface area contributed by atoms with Gasteiger partial charge in [0.1, 0.15) is 11.6 Å². The number of halogens is 1. The molecule has 2 aliphatic rings. The van der Waals surface area contributed by atoms with Crippen molar-refractivity contribution in [2.75, 3.05) is 24.6 Å². The van der Waals surface area contributed by atoms with Gasteiger partial charge in [0.2, 0.25) is 0 Å². The molecule has 2 atom stereocenters. The molecular weight excluding hydrogens is 319 g/mol. The van der Waals surface area contributed by atoms with E-state index in [0.29, 0.717) is 12.6 Å². The van der Waals surface area contributed by atoms with Crippen molar-refractivity contribution in [3.05, 3.63) is 47.9 Å². The number of hydrogen-bond acceptors (Lipinski definition) is 5. The Morgan fingerprint density at radius 1 is 1.20 bits per heavy atom. The third kappa shape index (κ3) is 3.74. The molecule has 0 radical (unpaired) electrons. The first-order valence-electron chi connectivity index (χ1n) is 9.00. The third-order valence-corrected chi connectivity index (χ3v) is 4.98. The maximum Gasteiger partial charge on any atom is 0.151 e. The maximum atomic E-state index is 13.8. The van der Waals surface area contributed by atoms with Gasteiger partial charge in [0.15, 0.2) is 5.82 Å². The van der Waals surface area contributed by atoms with Gasteiger partial charge in [0.25, 0.3) is 0 Å². The Balaban J connectivity index is 1.49. The topological polar surface area (TPSA) is 50.3 Å². The summed E-state index contributed by atoms with van der Waals surface area (Å²) in [6.07, 6.45) is 5.83. The molecule has 1 saturated heterocycles. The van der Waals surface area contributed by atoms with Crippen LogP contribution in [-0.4, -0.2) is 35.9 Å². The van der Waals surface area contributed by atoms with E-state index in [1.165, 1.54) is 6.07 Å². The molecule has 1 aromatic heterocycles. The Bertz CT molecular complexity index is 712. The smallest absolute Gasteiger partial charge is 0.151 e. The molecule has 2 aromatic rings. The zero-order valence-electron chi connectivity index (χ0n) is 14.2. The van der Waals surface area contributed by atoms with Crippen LogP contribution in [0.5, 0.6) is 5.75 Å². The summed E-state index contributed by atoms with van der Waals surface area (Å²) in [5.74, 6) is 1.52. The highest BCUT2D eigenvalue weighted by Crippen LogP contribution is 2.33. The summed E-state index contributed by atoms with van der Waals surface area (Å²) >= 11 is 0. The molecule has 132 valence electrons. The summed E-state index contributed by atoms with van der Waals surface area (Å²) in [5.41, 5.74) is 0.939. The van der Waals surface area contributed by atoms with E-state index < -0.39 is 0 Å². The molecule has 0 spiro atoms. The van der Waals surface area contributed by atoms with Crippen LogP contribution < -0.4 is 15.0 Å². The summed E-state index contributed by atoms with van der Waals surface area (Å²) in [6.45, 7) is 2.57.